The number of aromatic amines is 1. The molecule has 3 aromatic carbocycles. The van der Waals surface area contributed by atoms with Gasteiger partial charge in [0.2, 0.25) is 0 Å². The number of hydrogen-bond donors (Lipinski definition) is 1. The molecule has 1 heterocycles. The maximum absolute atomic E-state index is 4.78. The van der Waals surface area contributed by atoms with Crippen LogP contribution in [0.5, 0.6) is 0 Å². The SMILES string of the molecule is Cc1ccc2[nH]c(C(C)c3cc[c-]cc3)nc2c1C.[Y].[c-]1ccccc1. The van der Waals surface area contributed by atoms with E-state index in [0.717, 1.165) is 16.9 Å². The van der Waals surface area contributed by atoms with E-state index in [-0.39, 0.29) is 38.6 Å². The van der Waals surface area contributed by atoms with Crippen molar-refractivity contribution in [1.29, 1.82) is 0 Å². The minimum absolute atomic E-state index is 0. The van der Waals surface area contributed by atoms with E-state index < -0.39 is 0 Å². The van der Waals surface area contributed by atoms with Gasteiger partial charge >= 0.3 is 0 Å². The molecule has 1 unspecified atom stereocenters. The summed E-state index contributed by atoms with van der Waals surface area (Å²) in [6.07, 6.45) is 0. The van der Waals surface area contributed by atoms with Gasteiger partial charge in [0.15, 0.2) is 0 Å². The Morgan fingerprint density at radius 1 is 0.885 bits per heavy atom. The summed E-state index contributed by atoms with van der Waals surface area (Å²) in [4.78, 5) is 8.22. The fraction of sp³-hybridized carbons (Fsp3) is 0.174. The molecule has 2 nitrogen and oxygen atoms in total. The van der Waals surface area contributed by atoms with Gasteiger partial charge in [-0.25, -0.2) is 4.98 Å². The molecular formula is C23H22N2Y-2. The van der Waals surface area contributed by atoms with Crippen molar-refractivity contribution in [2.45, 2.75) is 26.7 Å². The van der Waals surface area contributed by atoms with Crippen molar-refractivity contribution in [1.82, 2.24) is 9.97 Å². The number of nitrogens with zero attached hydrogens (tertiary/aromatic N) is 1. The first-order chi connectivity index (χ1) is 12.2. The topological polar surface area (TPSA) is 28.7 Å². The molecule has 1 aromatic heterocycles. The number of hydrogen-bond acceptors (Lipinski definition) is 1. The van der Waals surface area contributed by atoms with E-state index in [4.69, 9.17) is 4.98 Å². The molecule has 0 spiro atoms. The number of imidazole rings is 1. The van der Waals surface area contributed by atoms with Crippen LogP contribution >= 0.6 is 0 Å². The molecule has 0 aliphatic heterocycles. The molecule has 4 aromatic rings. The zero-order valence-corrected chi connectivity index (χ0v) is 18.3. The normalized spacial score (nSPS) is 11.2. The molecule has 3 heteroatoms. The van der Waals surface area contributed by atoms with Crippen molar-refractivity contribution in [3.8, 4) is 0 Å². The van der Waals surface area contributed by atoms with Gasteiger partial charge in [-0.3, -0.25) is 0 Å². The molecule has 0 bridgehead atoms. The summed E-state index contributed by atoms with van der Waals surface area (Å²) in [5.74, 6) is 1.29. The van der Waals surface area contributed by atoms with Gasteiger partial charge in [-0.2, -0.15) is 66.7 Å². The van der Waals surface area contributed by atoms with Crippen LogP contribution in [-0.2, 0) is 32.7 Å². The fourth-order valence-electron chi connectivity index (χ4n) is 2.73. The zero-order valence-electron chi connectivity index (χ0n) is 15.5. The molecule has 4 rings (SSSR count). The average molecular weight is 415 g/mol. The summed E-state index contributed by atoms with van der Waals surface area (Å²) in [5.41, 5.74) is 6.00. The third-order valence-electron chi connectivity index (χ3n) is 4.46. The second-order valence-corrected chi connectivity index (χ2v) is 6.16. The van der Waals surface area contributed by atoms with Crippen LogP contribution in [0.4, 0.5) is 0 Å². The summed E-state index contributed by atoms with van der Waals surface area (Å²) >= 11 is 0. The molecule has 1 N–H and O–H groups in total. The summed E-state index contributed by atoms with van der Waals surface area (Å²) in [6, 6.07) is 27.9. The minimum Gasteiger partial charge on any atom is -0.342 e. The molecule has 129 valence electrons. The standard InChI is InChI=1S/C17H17N2.C6H5.Y/c1-11-9-10-15-16(12(11)2)19-17(18-15)13(3)14-7-5-4-6-8-14;1-2-4-6-5-3-1;/h5-10,13H,1-3H3,(H,18,19);1-5H;/q2*-1;. The molecule has 1 radical (unpaired) electrons. The van der Waals surface area contributed by atoms with Crippen LogP contribution in [-0.4, -0.2) is 9.97 Å². The van der Waals surface area contributed by atoms with Crippen molar-refractivity contribution in [3.63, 3.8) is 0 Å². The first kappa shape index (κ1) is 20.5. The molecule has 26 heavy (non-hydrogen) atoms. The van der Waals surface area contributed by atoms with Crippen molar-refractivity contribution >= 4 is 11.0 Å². The van der Waals surface area contributed by atoms with E-state index in [2.05, 4.69) is 62.2 Å². The Hall–Kier alpha value is -1.77. The maximum atomic E-state index is 4.78. The van der Waals surface area contributed by atoms with Gasteiger partial charge in [0, 0.05) is 38.6 Å². The summed E-state index contributed by atoms with van der Waals surface area (Å²) < 4.78 is 0. The van der Waals surface area contributed by atoms with Crippen LogP contribution in [0.3, 0.4) is 0 Å². The maximum Gasteiger partial charge on any atom is 0.112 e. The van der Waals surface area contributed by atoms with E-state index in [0.29, 0.717) is 0 Å². The van der Waals surface area contributed by atoms with E-state index in [9.17, 15) is 0 Å². The van der Waals surface area contributed by atoms with Gasteiger partial charge in [-0.15, -0.1) is 5.56 Å². The van der Waals surface area contributed by atoms with Crippen molar-refractivity contribution in [3.05, 3.63) is 101 Å². The molecule has 0 fully saturated rings. The van der Waals surface area contributed by atoms with Gasteiger partial charge in [-0.05, 0) is 31.0 Å². The molecule has 0 amide bonds. The number of benzene rings is 3. The second kappa shape index (κ2) is 9.80. The van der Waals surface area contributed by atoms with Crippen LogP contribution in [0.1, 0.15) is 35.4 Å². The fourth-order valence-corrected chi connectivity index (χ4v) is 2.73. The molecule has 0 aliphatic rings. The van der Waals surface area contributed by atoms with Gasteiger partial charge in [0.25, 0.3) is 0 Å². The minimum atomic E-state index is 0. The van der Waals surface area contributed by atoms with Gasteiger partial charge in [0.1, 0.15) is 5.82 Å². The Balaban J connectivity index is 0.000000297. The summed E-state index contributed by atoms with van der Waals surface area (Å²) in [6.45, 7) is 6.43. The average Bonchev–Trinajstić information content (AvgIpc) is 3.12. The van der Waals surface area contributed by atoms with Crippen LogP contribution in [0.25, 0.3) is 11.0 Å². The molecular weight excluding hydrogens is 393 g/mol. The van der Waals surface area contributed by atoms with Gasteiger partial charge < -0.3 is 4.98 Å². The van der Waals surface area contributed by atoms with E-state index in [1.54, 1.807) is 0 Å². The Labute approximate surface area is 181 Å². The van der Waals surface area contributed by atoms with Crippen LogP contribution in [0.15, 0.2) is 66.7 Å². The Kier molecular flexibility index (Phi) is 7.74. The Morgan fingerprint density at radius 3 is 2.12 bits per heavy atom. The van der Waals surface area contributed by atoms with Gasteiger partial charge in [-0.1, -0.05) is 13.0 Å². The number of fused-ring (bicyclic) bond motifs is 1. The van der Waals surface area contributed by atoms with Crippen LogP contribution < -0.4 is 0 Å². The van der Waals surface area contributed by atoms with E-state index in [1.165, 1.54) is 16.7 Å². The predicted octanol–water partition coefficient (Wildman–Crippen LogP) is 5.62. The molecule has 0 aliphatic carbocycles. The van der Waals surface area contributed by atoms with Crippen molar-refractivity contribution in [2.24, 2.45) is 0 Å². The van der Waals surface area contributed by atoms with Gasteiger partial charge in [0.05, 0.1) is 11.0 Å². The number of nitrogens with one attached hydrogen (secondary N) is 1. The summed E-state index contributed by atoms with van der Waals surface area (Å²) in [7, 11) is 0. The summed E-state index contributed by atoms with van der Waals surface area (Å²) in [5, 5.41) is 0. The number of rotatable bonds is 2. The van der Waals surface area contributed by atoms with E-state index in [1.807, 2.05) is 42.5 Å². The van der Waals surface area contributed by atoms with Crippen molar-refractivity contribution < 1.29 is 32.7 Å². The first-order valence-corrected chi connectivity index (χ1v) is 8.49. The zero-order chi connectivity index (χ0) is 17.6. The molecule has 1 atom stereocenters. The molecule has 0 saturated carbocycles. The Morgan fingerprint density at radius 2 is 1.54 bits per heavy atom. The third-order valence-corrected chi connectivity index (χ3v) is 4.46. The molecule has 0 saturated heterocycles. The first-order valence-electron chi connectivity index (χ1n) is 8.49. The smallest absolute Gasteiger partial charge is 0.112 e. The predicted molar refractivity (Wildman–Crippen MR) is 104 cm³/mol. The van der Waals surface area contributed by atoms with Crippen LogP contribution in [0, 0.1) is 26.0 Å². The monoisotopic (exact) mass is 415 g/mol. The van der Waals surface area contributed by atoms with E-state index >= 15 is 0 Å². The third kappa shape index (κ3) is 4.90. The second-order valence-electron chi connectivity index (χ2n) is 6.16. The Bertz CT molecular complexity index is 904. The van der Waals surface area contributed by atoms with Crippen molar-refractivity contribution in [2.75, 3.05) is 0 Å². The quantitative estimate of drug-likeness (QED) is 0.423. The number of aryl methyl sites for hydroxylation is 2. The largest absolute Gasteiger partial charge is 0.342 e. The number of aromatic nitrogens is 2. The van der Waals surface area contributed by atoms with Crippen LogP contribution in [0.2, 0.25) is 0 Å². The number of H-pyrrole nitrogens is 1.